The van der Waals surface area contributed by atoms with Crippen molar-refractivity contribution in [2.75, 3.05) is 13.2 Å². The van der Waals surface area contributed by atoms with Gasteiger partial charge in [0.2, 0.25) is 0 Å². The van der Waals surface area contributed by atoms with Gasteiger partial charge in [-0.25, -0.2) is 0 Å². The van der Waals surface area contributed by atoms with Gasteiger partial charge in [-0.15, -0.1) is 0 Å². The summed E-state index contributed by atoms with van der Waals surface area (Å²) in [7, 11) is 0. The van der Waals surface area contributed by atoms with Gasteiger partial charge in [0, 0.05) is 19.3 Å². The molecule has 0 aromatic heterocycles. The standard InChI is InChI=1S/C69H124O6/c1-4-7-10-13-16-19-22-24-26-28-29-30-31-32-33-34-35-36-37-38-39-40-41-42-44-45-47-50-53-56-59-62-68(71)74-65-66(64-73-67(70)61-58-55-52-49-21-18-15-12-9-6-3)75-69(72)63-60-57-54-51-48-46-43-27-25-23-20-17-14-11-8-5-2/h12,15,22,24,27-29,31-32,43,66H,4-11,13-14,16-21,23,25-26,30,33-42,44-65H2,1-3H3/b15-12-,24-22-,29-28-,32-31-,43-27-. The molecule has 1 atom stereocenters. The van der Waals surface area contributed by atoms with E-state index in [2.05, 4.69) is 81.5 Å². The molecule has 75 heavy (non-hydrogen) atoms. The molecule has 6 heteroatoms. The summed E-state index contributed by atoms with van der Waals surface area (Å²) in [5.41, 5.74) is 0. The highest BCUT2D eigenvalue weighted by Gasteiger charge is 2.19. The van der Waals surface area contributed by atoms with Crippen LogP contribution in [0, 0.1) is 0 Å². The number of carbonyl (C=O) groups excluding carboxylic acids is 3. The van der Waals surface area contributed by atoms with Crippen LogP contribution in [0.25, 0.3) is 0 Å². The second-order valence-electron chi connectivity index (χ2n) is 22.0. The lowest BCUT2D eigenvalue weighted by atomic mass is 10.0. The summed E-state index contributed by atoms with van der Waals surface area (Å²) in [5, 5.41) is 0. The molecule has 1 unspecified atom stereocenters. The van der Waals surface area contributed by atoms with Gasteiger partial charge >= 0.3 is 17.9 Å². The van der Waals surface area contributed by atoms with Crippen molar-refractivity contribution in [2.45, 2.75) is 348 Å². The van der Waals surface area contributed by atoms with Crippen LogP contribution < -0.4 is 0 Å². The topological polar surface area (TPSA) is 78.9 Å². The van der Waals surface area contributed by atoms with Crippen LogP contribution in [0.4, 0.5) is 0 Å². The number of hydrogen-bond donors (Lipinski definition) is 0. The van der Waals surface area contributed by atoms with Crippen molar-refractivity contribution >= 4 is 17.9 Å². The van der Waals surface area contributed by atoms with Crippen LogP contribution in [0.15, 0.2) is 60.8 Å². The fourth-order valence-corrected chi connectivity index (χ4v) is 9.51. The van der Waals surface area contributed by atoms with Gasteiger partial charge in [0.05, 0.1) is 0 Å². The van der Waals surface area contributed by atoms with E-state index in [4.69, 9.17) is 14.2 Å². The van der Waals surface area contributed by atoms with Gasteiger partial charge in [-0.1, -0.05) is 281 Å². The van der Waals surface area contributed by atoms with Gasteiger partial charge in [0.25, 0.3) is 0 Å². The Morgan fingerprint density at radius 3 is 0.813 bits per heavy atom. The number of unbranched alkanes of at least 4 members (excludes halogenated alkanes) is 39. The van der Waals surface area contributed by atoms with Crippen LogP contribution in [0.2, 0.25) is 0 Å². The van der Waals surface area contributed by atoms with Gasteiger partial charge in [0.1, 0.15) is 13.2 Å². The Kier molecular flexibility index (Phi) is 61.2. The lowest BCUT2D eigenvalue weighted by molar-refractivity contribution is -0.167. The molecule has 0 fully saturated rings. The fraction of sp³-hybridized carbons (Fsp3) is 0.812. The van der Waals surface area contributed by atoms with Crippen LogP contribution >= 0.6 is 0 Å². The minimum absolute atomic E-state index is 0.0775. The highest BCUT2D eigenvalue weighted by atomic mass is 16.6. The second-order valence-corrected chi connectivity index (χ2v) is 22.0. The summed E-state index contributed by atoms with van der Waals surface area (Å²) in [6.07, 6.45) is 81.1. The Balaban J connectivity index is 4.12. The lowest BCUT2D eigenvalue weighted by Crippen LogP contribution is -2.30. The average Bonchev–Trinajstić information content (AvgIpc) is 3.41. The highest BCUT2D eigenvalue weighted by molar-refractivity contribution is 5.71. The van der Waals surface area contributed by atoms with Gasteiger partial charge < -0.3 is 14.2 Å². The number of hydrogen-bond acceptors (Lipinski definition) is 6. The summed E-state index contributed by atoms with van der Waals surface area (Å²) in [4.78, 5) is 38.2. The summed E-state index contributed by atoms with van der Waals surface area (Å²) < 4.78 is 16.9. The van der Waals surface area contributed by atoms with E-state index in [0.29, 0.717) is 19.3 Å². The summed E-state index contributed by atoms with van der Waals surface area (Å²) in [5.74, 6) is -0.882. The Bertz CT molecular complexity index is 1340. The molecule has 0 N–H and O–H groups in total. The molecule has 0 bridgehead atoms. The molecule has 0 saturated heterocycles. The maximum atomic E-state index is 12.9. The lowest BCUT2D eigenvalue weighted by Gasteiger charge is -2.18. The van der Waals surface area contributed by atoms with Crippen molar-refractivity contribution in [3.8, 4) is 0 Å². The van der Waals surface area contributed by atoms with E-state index in [1.165, 1.54) is 212 Å². The quantitative estimate of drug-likeness (QED) is 0.0261. The molecule has 0 aromatic rings. The van der Waals surface area contributed by atoms with Crippen molar-refractivity contribution in [1.29, 1.82) is 0 Å². The van der Waals surface area contributed by atoms with Crippen molar-refractivity contribution in [1.82, 2.24) is 0 Å². The smallest absolute Gasteiger partial charge is 0.306 e. The maximum Gasteiger partial charge on any atom is 0.306 e. The first kappa shape index (κ1) is 72.1. The first-order chi connectivity index (χ1) is 37.0. The molecule has 0 aromatic carbocycles. The molecule has 0 spiro atoms. The number of esters is 3. The van der Waals surface area contributed by atoms with Crippen molar-refractivity contribution < 1.29 is 28.6 Å². The van der Waals surface area contributed by atoms with E-state index in [-0.39, 0.29) is 31.1 Å². The third-order valence-corrected chi connectivity index (χ3v) is 14.4. The molecule has 0 heterocycles. The van der Waals surface area contributed by atoms with Crippen LogP contribution in [0.3, 0.4) is 0 Å². The number of allylic oxidation sites excluding steroid dienone is 10. The fourth-order valence-electron chi connectivity index (χ4n) is 9.51. The zero-order chi connectivity index (χ0) is 54.3. The molecule has 6 nitrogen and oxygen atoms in total. The molecule has 0 aliphatic rings. The zero-order valence-corrected chi connectivity index (χ0v) is 50.1. The molecule has 0 amide bonds. The van der Waals surface area contributed by atoms with E-state index in [0.717, 1.165) is 89.9 Å². The van der Waals surface area contributed by atoms with Crippen molar-refractivity contribution in [2.24, 2.45) is 0 Å². The van der Waals surface area contributed by atoms with E-state index in [1.807, 2.05) is 0 Å². The van der Waals surface area contributed by atoms with Gasteiger partial charge in [-0.2, -0.15) is 0 Å². The highest BCUT2D eigenvalue weighted by Crippen LogP contribution is 2.17. The summed E-state index contributed by atoms with van der Waals surface area (Å²) in [6.45, 7) is 6.59. The van der Waals surface area contributed by atoms with E-state index >= 15 is 0 Å². The summed E-state index contributed by atoms with van der Waals surface area (Å²) in [6, 6.07) is 0. The zero-order valence-electron chi connectivity index (χ0n) is 50.1. The maximum absolute atomic E-state index is 12.9. The van der Waals surface area contributed by atoms with Crippen LogP contribution in [-0.4, -0.2) is 37.2 Å². The molecule has 436 valence electrons. The Morgan fingerprint density at radius 1 is 0.267 bits per heavy atom. The molecule has 0 aliphatic heterocycles. The molecular formula is C69H124O6. The second kappa shape index (κ2) is 63.6. The van der Waals surface area contributed by atoms with E-state index < -0.39 is 6.10 Å². The number of carbonyl (C=O) groups is 3. The molecular weight excluding hydrogens is 925 g/mol. The molecule has 0 saturated carbocycles. The van der Waals surface area contributed by atoms with E-state index in [1.54, 1.807) is 0 Å². The third kappa shape index (κ3) is 61.8. The van der Waals surface area contributed by atoms with Crippen LogP contribution in [0.5, 0.6) is 0 Å². The normalized spacial score (nSPS) is 12.4. The summed E-state index contributed by atoms with van der Waals surface area (Å²) >= 11 is 0. The Morgan fingerprint density at radius 2 is 0.507 bits per heavy atom. The predicted octanol–water partition coefficient (Wildman–Crippen LogP) is 22.3. The van der Waals surface area contributed by atoms with Crippen molar-refractivity contribution in [3.63, 3.8) is 0 Å². The van der Waals surface area contributed by atoms with Gasteiger partial charge in [-0.05, 0) is 103 Å². The third-order valence-electron chi connectivity index (χ3n) is 14.4. The first-order valence-corrected chi connectivity index (χ1v) is 32.8. The van der Waals surface area contributed by atoms with E-state index in [9.17, 15) is 14.4 Å². The van der Waals surface area contributed by atoms with Crippen LogP contribution in [0.1, 0.15) is 342 Å². The minimum atomic E-state index is -0.780. The van der Waals surface area contributed by atoms with Crippen molar-refractivity contribution in [3.05, 3.63) is 60.8 Å². The van der Waals surface area contributed by atoms with Crippen LogP contribution in [-0.2, 0) is 28.6 Å². The molecule has 0 radical (unpaired) electrons. The first-order valence-electron chi connectivity index (χ1n) is 32.8. The monoisotopic (exact) mass is 1050 g/mol. The van der Waals surface area contributed by atoms with Gasteiger partial charge in [0.15, 0.2) is 6.10 Å². The molecule has 0 rings (SSSR count). The Hall–Kier alpha value is -2.89. The number of rotatable bonds is 60. The molecule has 0 aliphatic carbocycles. The minimum Gasteiger partial charge on any atom is -0.462 e. The largest absolute Gasteiger partial charge is 0.462 e. The van der Waals surface area contributed by atoms with Gasteiger partial charge in [-0.3, -0.25) is 14.4 Å². The SMILES string of the molecule is CCC/C=C\CCCCCCCC(=O)OCC(COC(=O)CCCCCCCCCCCCCCCCCC/C=C\C/C=C\C/C=C\CCCCCCC)OC(=O)CCCCCCC/C=C\CCCCCCCCC. The Labute approximate surface area is 466 Å². The predicted molar refractivity (Wildman–Crippen MR) is 325 cm³/mol. The average molecular weight is 1050 g/mol. The number of ether oxygens (including phenoxy) is 3.